The molecule has 0 spiro atoms. The third kappa shape index (κ3) is 6.33. The number of carbonyl (C=O) groups is 1. The van der Waals surface area contributed by atoms with Crippen LogP contribution in [0.15, 0.2) is 48.7 Å². The molecule has 1 fully saturated rings. The molecule has 4 rings (SSSR count). The largest absolute Gasteiger partial charge is 0.497 e. The van der Waals surface area contributed by atoms with Crippen molar-refractivity contribution in [3.8, 4) is 17.6 Å². The van der Waals surface area contributed by atoms with Crippen LogP contribution in [0.25, 0.3) is 10.9 Å². The minimum Gasteiger partial charge on any atom is -0.497 e. The zero-order valence-electron chi connectivity index (χ0n) is 20.0. The van der Waals surface area contributed by atoms with Crippen molar-refractivity contribution in [2.45, 2.75) is 25.4 Å². The number of rotatable bonds is 7. The van der Waals surface area contributed by atoms with Gasteiger partial charge in [-0.3, -0.25) is 14.7 Å². The third-order valence-corrected chi connectivity index (χ3v) is 6.93. The summed E-state index contributed by atoms with van der Waals surface area (Å²) in [5, 5.41) is 22.0. The van der Waals surface area contributed by atoms with E-state index in [2.05, 4.69) is 16.8 Å². The minimum atomic E-state index is -0.844. The quantitative estimate of drug-likeness (QED) is 0.439. The summed E-state index contributed by atoms with van der Waals surface area (Å²) in [6.07, 6.45) is 2.67. The van der Waals surface area contributed by atoms with Crippen LogP contribution in [0.2, 0.25) is 5.02 Å². The first kappa shape index (κ1) is 25.9. The molecule has 2 aromatic carbocycles. The second kappa shape index (κ2) is 11.7. The number of hydrogen-bond acceptors (Lipinski definition) is 5. The lowest BCUT2D eigenvalue weighted by Crippen LogP contribution is -2.44. The highest BCUT2D eigenvalue weighted by atomic mass is 35.5. The third-order valence-electron chi connectivity index (χ3n) is 6.71. The molecular formula is C28H28ClFN2O4. The van der Waals surface area contributed by atoms with Gasteiger partial charge in [0.25, 0.3) is 0 Å². The van der Waals surface area contributed by atoms with Gasteiger partial charge in [-0.2, -0.15) is 0 Å². The molecule has 1 aromatic heterocycles. The van der Waals surface area contributed by atoms with Crippen LogP contribution in [0.3, 0.4) is 0 Å². The summed E-state index contributed by atoms with van der Waals surface area (Å²) in [7, 11) is 1.59. The van der Waals surface area contributed by atoms with Crippen molar-refractivity contribution in [3.63, 3.8) is 0 Å². The summed E-state index contributed by atoms with van der Waals surface area (Å²) < 4.78 is 18.8. The van der Waals surface area contributed by atoms with E-state index in [-0.39, 0.29) is 10.9 Å². The fourth-order valence-corrected chi connectivity index (χ4v) is 5.03. The SMILES string of the molecule is COc1ccc2nccc(C(O)CC[C@@H]3CCN(CC#Cc4cc(F)cc(Cl)c4)C[C@@H]3C(=O)O)c2c1. The van der Waals surface area contributed by atoms with Crippen molar-refractivity contribution in [3.05, 3.63) is 70.6 Å². The highest BCUT2D eigenvalue weighted by Crippen LogP contribution is 2.33. The maximum Gasteiger partial charge on any atom is 0.308 e. The number of pyridine rings is 1. The van der Waals surface area contributed by atoms with E-state index in [1.165, 1.54) is 12.1 Å². The van der Waals surface area contributed by atoms with E-state index in [0.717, 1.165) is 16.5 Å². The first-order valence-electron chi connectivity index (χ1n) is 11.8. The Morgan fingerprint density at radius 3 is 2.89 bits per heavy atom. The second-order valence-corrected chi connectivity index (χ2v) is 9.50. The zero-order chi connectivity index (χ0) is 25.7. The lowest BCUT2D eigenvalue weighted by molar-refractivity contribution is -0.146. The fraction of sp³-hybridized carbons (Fsp3) is 0.357. The van der Waals surface area contributed by atoms with Gasteiger partial charge in [-0.05, 0) is 79.8 Å². The van der Waals surface area contributed by atoms with Crippen LogP contribution in [0.5, 0.6) is 5.75 Å². The van der Waals surface area contributed by atoms with E-state index in [0.29, 0.717) is 50.2 Å². The second-order valence-electron chi connectivity index (χ2n) is 9.06. The number of carboxylic acids is 1. The molecule has 36 heavy (non-hydrogen) atoms. The van der Waals surface area contributed by atoms with Crippen molar-refractivity contribution >= 4 is 28.5 Å². The van der Waals surface area contributed by atoms with Crippen molar-refractivity contribution in [1.82, 2.24) is 9.88 Å². The van der Waals surface area contributed by atoms with Crippen molar-refractivity contribution in [2.75, 3.05) is 26.7 Å². The van der Waals surface area contributed by atoms with Gasteiger partial charge in [0.15, 0.2) is 0 Å². The molecule has 188 valence electrons. The number of aliphatic hydroxyl groups excluding tert-OH is 1. The molecule has 1 unspecified atom stereocenters. The Kier molecular flexibility index (Phi) is 8.42. The van der Waals surface area contributed by atoms with Gasteiger partial charge in [0.1, 0.15) is 11.6 Å². The van der Waals surface area contributed by atoms with Gasteiger partial charge in [0.05, 0.1) is 31.2 Å². The number of likely N-dealkylation sites (tertiary alicyclic amines) is 1. The van der Waals surface area contributed by atoms with E-state index in [9.17, 15) is 19.4 Å². The molecule has 0 saturated carbocycles. The fourth-order valence-electron chi connectivity index (χ4n) is 4.81. The monoisotopic (exact) mass is 510 g/mol. The van der Waals surface area contributed by atoms with E-state index < -0.39 is 23.8 Å². The summed E-state index contributed by atoms with van der Waals surface area (Å²) in [5.74, 6) is 4.70. The van der Waals surface area contributed by atoms with Gasteiger partial charge in [-0.15, -0.1) is 0 Å². The molecule has 0 aliphatic carbocycles. The molecule has 2 heterocycles. The average Bonchev–Trinajstić information content (AvgIpc) is 2.86. The first-order chi connectivity index (χ1) is 17.3. The van der Waals surface area contributed by atoms with Crippen molar-refractivity contribution in [2.24, 2.45) is 11.8 Å². The lowest BCUT2D eigenvalue weighted by Gasteiger charge is -2.36. The summed E-state index contributed by atoms with van der Waals surface area (Å²) in [6.45, 7) is 1.47. The molecule has 0 radical (unpaired) electrons. The highest BCUT2D eigenvalue weighted by molar-refractivity contribution is 6.30. The molecule has 3 atom stereocenters. The number of fused-ring (bicyclic) bond motifs is 1. The van der Waals surface area contributed by atoms with Crippen molar-refractivity contribution < 1.29 is 24.1 Å². The molecule has 1 saturated heterocycles. The van der Waals surface area contributed by atoms with Gasteiger partial charge < -0.3 is 14.9 Å². The zero-order valence-corrected chi connectivity index (χ0v) is 20.7. The van der Waals surface area contributed by atoms with Crippen molar-refractivity contribution in [1.29, 1.82) is 0 Å². The molecule has 2 N–H and O–H groups in total. The summed E-state index contributed by atoms with van der Waals surface area (Å²) in [6, 6.07) is 11.5. The Bertz CT molecular complexity index is 1290. The van der Waals surface area contributed by atoms with E-state index >= 15 is 0 Å². The number of halogens is 2. The molecule has 0 amide bonds. The summed E-state index contributed by atoms with van der Waals surface area (Å²) in [5.41, 5.74) is 2.02. The van der Waals surface area contributed by atoms with Gasteiger partial charge >= 0.3 is 5.97 Å². The maximum absolute atomic E-state index is 13.5. The minimum absolute atomic E-state index is 0.0500. The van der Waals surface area contributed by atoms with Gasteiger partial charge in [0, 0.05) is 28.7 Å². The number of aliphatic carboxylic acids is 1. The Morgan fingerprint density at radius 2 is 2.14 bits per heavy atom. The van der Waals surface area contributed by atoms with E-state index in [1.807, 2.05) is 23.1 Å². The number of ether oxygens (including phenoxy) is 1. The lowest BCUT2D eigenvalue weighted by atomic mass is 9.81. The number of piperidine rings is 1. The number of nitrogens with zero attached hydrogens (tertiary/aromatic N) is 2. The standard InChI is InChI=1S/C28H28ClFN2O4/c1-36-22-5-6-26-24(16-22)23(8-10-31-26)27(33)7-4-19-9-12-32(17-25(19)28(34)35)11-2-3-18-13-20(29)15-21(30)14-18/h5-6,8,10,13-16,19,25,27,33H,4,7,9,11-12,17H2,1H3,(H,34,35)/t19-,25+,27?/m1/s1. The smallest absolute Gasteiger partial charge is 0.308 e. The summed E-state index contributed by atoms with van der Waals surface area (Å²) >= 11 is 5.87. The van der Waals surface area contributed by atoms with Crippen LogP contribution < -0.4 is 4.74 Å². The average molecular weight is 511 g/mol. The van der Waals surface area contributed by atoms with Gasteiger partial charge in [0.2, 0.25) is 0 Å². The number of methoxy groups -OCH3 is 1. The molecular weight excluding hydrogens is 483 g/mol. The first-order valence-corrected chi connectivity index (χ1v) is 12.2. The molecule has 1 aliphatic rings. The van der Waals surface area contributed by atoms with Crippen LogP contribution in [0.1, 0.15) is 36.5 Å². The highest BCUT2D eigenvalue weighted by Gasteiger charge is 2.34. The maximum atomic E-state index is 13.5. The number of carboxylic acid groups (broad SMARTS) is 1. The normalized spacial score (nSPS) is 18.9. The topological polar surface area (TPSA) is 82.9 Å². The predicted molar refractivity (Wildman–Crippen MR) is 136 cm³/mol. The van der Waals surface area contributed by atoms with E-state index in [4.69, 9.17) is 16.3 Å². The Morgan fingerprint density at radius 1 is 1.31 bits per heavy atom. The number of benzene rings is 2. The van der Waals surface area contributed by atoms with Gasteiger partial charge in [-0.25, -0.2) is 4.39 Å². The molecule has 3 aromatic rings. The Hall–Kier alpha value is -3.18. The molecule has 8 heteroatoms. The van der Waals surface area contributed by atoms with Crippen LogP contribution in [0, 0.1) is 29.5 Å². The Balaban J connectivity index is 1.38. The van der Waals surface area contributed by atoms with Crippen LogP contribution in [-0.4, -0.2) is 52.8 Å². The van der Waals surface area contributed by atoms with Gasteiger partial charge in [-0.1, -0.05) is 23.4 Å². The Labute approximate surface area is 214 Å². The van der Waals surface area contributed by atoms with Crippen LogP contribution >= 0.6 is 11.6 Å². The van der Waals surface area contributed by atoms with E-state index in [1.54, 1.807) is 25.4 Å². The number of aromatic nitrogens is 1. The van der Waals surface area contributed by atoms with Crippen LogP contribution in [0.4, 0.5) is 4.39 Å². The van der Waals surface area contributed by atoms with Crippen LogP contribution in [-0.2, 0) is 4.79 Å². The number of hydrogen-bond donors (Lipinski definition) is 2. The molecule has 6 nitrogen and oxygen atoms in total. The number of aliphatic hydroxyl groups is 1. The predicted octanol–water partition coefficient (Wildman–Crippen LogP) is 4.92. The molecule has 0 bridgehead atoms. The summed E-state index contributed by atoms with van der Waals surface area (Å²) in [4.78, 5) is 18.4. The molecule has 1 aliphatic heterocycles.